The van der Waals surface area contributed by atoms with Gasteiger partial charge >= 0.3 is 0 Å². The molecule has 0 saturated heterocycles. The Morgan fingerprint density at radius 3 is 2.76 bits per heavy atom. The molecule has 0 saturated carbocycles. The lowest BCUT2D eigenvalue weighted by molar-refractivity contribution is 0.286. The van der Waals surface area contributed by atoms with Crippen LogP contribution in [-0.2, 0) is 6.42 Å². The van der Waals surface area contributed by atoms with Crippen LogP contribution in [0.2, 0.25) is 5.02 Å². The van der Waals surface area contributed by atoms with Gasteiger partial charge in [-0.15, -0.1) is 0 Å². The highest BCUT2D eigenvalue weighted by molar-refractivity contribution is 6.30. The molecule has 148 valence electrons. The molecule has 5 nitrogen and oxygen atoms in total. The van der Waals surface area contributed by atoms with Crippen molar-refractivity contribution < 1.29 is 4.74 Å². The number of rotatable bonds is 6. The Kier molecular flexibility index (Phi) is 5.51. The molecule has 0 aliphatic carbocycles. The Hall–Kier alpha value is -2.89. The van der Waals surface area contributed by atoms with E-state index in [4.69, 9.17) is 22.1 Å². The fourth-order valence-electron chi connectivity index (χ4n) is 3.41. The van der Waals surface area contributed by atoms with Gasteiger partial charge < -0.3 is 10.5 Å². The summed E-state index contributed by atoms with van der Waals surface area (Å²) >= 11 is 6.03. The Labute approximate surface area is 174 Å². The van der Waals surface area contributed by atoms with Crippen LogP contribution in [0.25, 0.3) is 22.0 Å². The maximum absolute atomic E-state index is 6.29. The molecular weight excluding hydrogens is 384 g/mol. The minimum Gasteiger partial charge on any atom is -0.490 e. The van der Waals surface area contributed by atoms with Crippen molar-refractivity contribution in [2.75, 3.05) is 6.61 Å². The fourth-order valence-corrected chi connectivity index (χ4v) is 3.63. The van der Waals surface area contributed by atoms with Gasteiger partial charge in [0.05, 0.1) is 11.7 Å². The lowest BCUT2D eigenvalue weighted by Crippen LogP contribution is -2.30. The molecule has 2 aromatic heterocycles. The summed E-state index contributed by atoms with van der Waals surface area (Å²) in [6.45, 7) is 4.47. The standard InChI is InChI=1S/C23H23ClN4O/c1-14-7-19(24)5-3-16(14)8-20(25)13-29-21-9-18(11-26-12-21)17-4-6-23-22(10-17)15(2)27-28-23/h3-7,9-12,20H,8,13,25H2,1-2H3,(H,27,28)/t20-/m0/s1. The first-order chi connectivity index (χ1) is 14.0. The summed E-state index contributed by atoms with van der Waals surface area (Å²) in [5.41, 5.74) is 12.7. The second kappa shape index (κ2) is 8.23. The highest BCUT2D eigenvalue weighted by atomic mass is 35.5. The normalized spacial score (nSPS) is 12.3. The number of nitrogens with two attached hydrogens (primary N) is 1. The van der Waals surface area contributed by atoms with Gasteiger partial charge in [-0.2, -0.15) is 5.10 Å². The number of hydrogen-bond acceptors (Lipinski definition) is 4. The second-order valence-corrected chi connectivity index (χ2v) is 7.77. The average molecular weight is 407 g/mol. The summed E-state index contributed by atoms with van der Waals surface area (Å²) < 4.78 is 5.93. The summed E-state index contributed by atoms with van der Waals surface area (Å²) in [6.07, 6.45) is 4.28. The van der Waals surface area contributed by atoms with Crippen molar-refractivity contribution in [2.24, 2.45) is 5.73 Å². The van der Waals surface area contributed by atoms with Crippen molar-refractivity contribution in [3.05, 3.63) is 76.7 Å². The number of aromatic amines is 1. The Morgan fingerprint density at radius 2 is 1.93 bits per heavy atom. The van der Waals surface area contributed by atoms with Crippen molar-refractivity contribution in [1.29, 1.82) is 0 Å². The predicted molar refractivity (Wildman–Crippen MR) is 117 cm³/mol. The van der Waals surface area contributed by atoms with Crippen LogP contribution in [0.4, 0.5) is 0 Å². The van der Waals surface area contributed by atoms with Crippen molar-refractivity contribution in [3.63, 3.8) is 0 Å². The minimum atomic E-state index is -0.122. The Balaban J connectivity index is 1.45. The first-order valence-electron chi connectivity index (χ1n) is 9.53. The maximum Gasteiger partial charge on any atom is 0.138 e. The summed E-state index contributed by atoms with van der Waals surface area (Å²) in [7, 11) is 0. The molecule has 29 heavy (non-hydrogen) atoms. The van der Waals surface area contributed by atoms with Gasteiger partial charge in [0.1, 0.15) is 12.4 Å². The molecule has 0 aliphatic rings. The van der Waals surface area contributed by atoms with Crippen LogP contribution in [0.3, 0.4) is 0 Å². The van der Waals surface area contributed by atoms with Crippen LogP contribution in [0, 0.1) is 13.8 Å². The van der Waals surface area contributed by atoms with E-state index in [1.54, 1.807) is 6.20 Å². The maximum atomic E-state index is 6.29. The fraction of sp³-hybridized carbons (Fsp3) is 0.217. The molecule has 0 amide bonds. The molecule has 0 bridgehead atoms. The number of ether oxygens (including phenoxy) is 1. The van der Waals surface area contributed by atoms with Gasteiger partial charge in [0.2, 0.25) is 0 Å². The van der Waals surface area contributed by atoms with Gasteiger partial charge in [-0.05, 0) is 67.3 Å². The van der Waals surface area contributed by atoms with Crippen molar-refractivity contribution in [2.45, 2.75) is 26.3 Å². The van der Waals surface area contributed by atoms with E-state index in [-0.39, 0.29) is 6.04 Å². The molecule has 4 rings (SSSR count). The summed E-state index contributed by atoms with van der Waals surface area (Å²) in [5, 5.41) is 9.14. The number of nitrogens with one attached hydrogen (secondary N) is 1. The first-order valence-corrected chi connectivity index (χ1v) is 9.91. The number of benzene rings is 2. The Bertz CT molecular complexity index is 1150. The second-order valence-electron chi connectivity index (χ2n) is 7.34. The van der Waals surface area contributed by atoms with Gasteiger partial charge in [0.15, 0.2) is 0 Å². The minimum absolute atomic E-state index is 0.122. The molecule has 2 heterocycles. The molecule has 0 unspecified atom stereocenters. The third-order valence-electron chi connectivity index (χ3n) is 5.04. The lowest BCUT2D eigenvalue weighted by atomic mass is 10.0. The van der Waals surface area contributed by atoms with E-state index >= 15 is 0 Å². The molecule has 0 aliphatic heterocycles. The first kappa shape index (κ1) is 19.4. The molecule has 0 radical (unpaired) electrons. The van der Waals surface area contributed by atoms with Gasteiger partial charge in [-0.25, -0.2) is 0 Å². The number of hydrogen-bond donors (Lipinski definition) is 2. The zero-order valence-electron chi connectivity index (χ0n) is 16.4. The molecule has 4 aromatic rings. The Morgan fingerprint density at radius 1 is 1.07 bits per heavy atom. The summed E-state index contributed by atoms with van der Waals surface area (Å²) in [6, 6.07) is 13.9. The van der Waals surface area contributed by atoms with Gasteiger partial charge in [0, 0.05) is 33.9 Å². The van der Waals surface area contributed by atoms with Gasteiger partial charge in [-0.3, -0.25) is 10.1 Å². The number of halogens is 1. The van der Waals surface area contributed by atoms with Crippen molar-refractivity contribution in [3.8, 4) is 16.9 Å². The van der Waals surface area contributed by atoms with Gasteiger partial charge in [-0.1, -0.05) is 23.7 Å². The number of pyridine rings is 1. The van der Waals surface area contributed by atoms with E-state index < -0.39 is 0 Å². The molecule has 0 spiro atoms. The van der Waals surface area contributed by atoms with E-state index in [2.05, 4.69) is 21.2 Å². The van der Waals surface area contributed by atoms with E-state index in [1.165, 1.54) is 5.56 Å². The number of aryl methyl sites for hydroxylation is 2. The third-order valence-corrected chi connectivity index (χ3v) is 5.28. The van der Waals surface area contributed by atoms with Crippen LogP contribution in [-0.4, -0.2) is 27.8 Å². The monoisotopic (exact) mass is 406 g/mol. The van der Waals surface area contributed by atoms with Crippen LogP contribution < -0.4 is 10.5 Å². The smallest absolute Gasteiger partial charge is 0.138 e. The molecule has 2 aromatic carbocycles. The highest BCUT2D eigenvalue weighted by Gasteiger charge is 2.10. The zero-order chi connectivity index (χ0) is 20.4. The van der Waals surface area contributed by atoms with Crippen LogP contribution >= 0.6 is 11.6 Å². The van der Waals surface area contributed by atoms with E-state index in [9.17, 15) is 0 Å². The SMILES string of the molecule is Cc1cc(Cl)ccc1C[C@H](N)COc1cncc(-c2ccc3n[nH]c(C)c3c2)c1. The number of fused-ring (bicyclic) bond motifs is 1. The van der Waals surface area contributed by atoms with Crippen molar-refractivity contribution in [1.82, 2.24) is 15.2 Å². The van der Waals surface area contributed by atoms with E-state index in [1.807, 2.05) is 56.4 Å². The number of aromatic nitrogens is 3. The molecule has 3 N–H and O–H groups in total. The average Bonchev–Trinajstić information content (AvgIpc) is 3.09. The third kappa shape index (κ3) is 4.42. The quantitative estimate of drug-likeness (QED) is 0.480. The topological polar surface area (TPSA) is 76.8 Å². The van der Waals surface area contributed by atoms with Crippen LogP contribution in [0.5, 0.6) is 5.75 Å². The largest absolute Gasteiger partial charge is 0.490 e. The van der Waals surface area contributed by atoms with Gasteiger partial charge in [0.25, 0.3) is 0 Å². The van der Waals surface area contributed by atoms with Crippen molar-refractivity contribution >= 4 is 22.5 Å². The van der Waals surface area contributed by atoms with E-state index in [0.717, 1.165) is 44.7 Å². The molecule has 0 fully saturated rings. The summed E-state index contributed by atoms with van der Waals surface area (Å²) in [5.74, 6) is 0.704. The number of nitrogens with zero attached hydrogens (tertiary/aromatic N) is 2. The van der Waals surface area contributed by atoms with Crippen LogP contribution in [0.1, 0.15) is 16.8 Å². The zero-order valence-corrected chi connectivity index (χ0v) is 17.2. The number of H-pyrrole nitrogens is 1. The molecular formula is C23H23ClN4O. The highest BCUT2D eigenvalue weighted by Crippen LogP contribution is 2.27. The lowest BCUT2D eigenvalue weighted by Gasteiger charge is -2.15. The molecule has 1 atom stereocenters. The predicted octanol–water partition coefficient (Wildman–Crippen LogP) is 4.84. The summed E-state index contributed by atoms with van der Waals surface area (Å²) in [4.78, 5) is 4.33. The molecule has 6 heteroatoms. The van der Waals surface area contributed by atoms with Crippen LogP contribution in [0.15, 0.2) is 54.9 Å². The van der Waals surface area contributed by atoms with E-state index in [0.29, 0.717) is 12.4 Å².